The predicted molar refractivity (Wildman–Crippen MR) is 101 cm³/mol. The van der Waals surface area contributed by atoms with Crippen molar-refractivity contribution in [2.75, 3.05) is 0 Å². The molecule has 4 nitrogen and oxygen atoms in total. The van der Waals surface area contributed by atoms with Gasteiger partial charge in [-0.1, -0.05) is 37.0 Å². The van der Waals surface area contributed by atoms with E-state index >= 15 is 0 Å². The van der Waals surface area contributed by atoms with Crippen molar-refractivity contribution in [2.45, 2.75) is 33.6 Å². The van der Waals surface area contributed by atoms with Crippen LogP contribution in [0.25, 0.3) is 10.6 Å². The molecule has 1 aromatic heterocycles. The summed E-state index contributed by atoms with van der Waals surface area (Å²) in [5, 5.41) is 13.0. The van der Waals surface area contributed by atoms with Crippen molar-refractivity contribution in [1.82, 2.24) is 4.98 Å². The highest BCUT2D eigenvalue weighted by molar-refractivity contribution is 7.13. The molecule has 0 aliphatic carbocycles. The number of carboxylic acids is 1. The molecule has 1 atom stereocenters. The smallest absolute Gasteiger partial charge is 0.310 e. The van der Waals surface area contributed by atoms with Gasteiger partial charge in [-0.15, -0.1) is 11.3 Å². The van der Waals surface area contributed by atoms with E-state index < -0.39 is 11.4 Å². The molecular weight excluding hydrogens is 381 g/mol. The van der Waals surface area contributed by atoms with Crippen molar-refractivity contribution < 1.29 is 14.7 Å². The van der Waals surface area contributed by atoms with Gasteiger partial charge in [-0.25, -0.2) is 4.98 Å². The number of carboxylic acid groups (broad SMARTS) is 1. The Kier molecular flexibility index (Phi) is 6.25. The quantitative estimate of drug-likeness (QED) is 0.679. The summed E-state index contributed by atoms with van der Waals surface area (Å²) in [5.41, 5.74) is 0.301. The Hall–Kier alpha value is -1.43. The minimum absolute atomic E-state index is 0.0193. The first kappa shape index (κ1) is 19.9. The summed E-state index contributed by atoms with van der Waals surface area (Å²) >= 11 is 13.5. The van der Waals surface area contributed by atoms with Gasteiger partial charge in [0.05, 0.1) is 16.1 Å². The normalized spacial score (nSPS) is 13.7. The van der Waals surface area contributed by atoms with Crippen LogP contribution in [0, 0.1) is 11.3 Å². The van der Waals surface area contributed by atoms with Crippen molar-refractivity contribution in [3.63, 3.8) is 0 Å². The molecular formula is C18H19Cl2NO3S. The number of halogens is 2. The summed E-state index contributed by atoms with van der Waals surface area (Å²) < 4.78 is 0. The van der Waals surface area contributed by atoms with E-state index in [4.69, 9.17) is 23.2 Å². The van der Waals surface area contributed by atoms with Crippen LogP contribution in [0.4, 0.5) is 0 Å². The first-order valence-electron chi connectivity index (χ1n) is 7.78. The van der Waals surface area contributed by atoms with Crippen LogP contribution in [0.2, 0.25) is 10.0 Å². The topological polar surface area (TPSA) is 67.3 Å². The fourth-order valence-corrected chi connectivity index (χ4v) is 3.79. The molecule has 0 amide bonds. The van der Waals surface area contributed by atoms with Crippen LogP contribution < -0.4 is 0 Å². The van der Waals surface area contributed by atoms with Crippen molar-refractivity contribution in [1.29, 1.82) is 0 Å². The minimum atomic E-state index is -1.07. The molecule has 0 aliphatic rings. The Morgan fingerprint density at radius 2 is 2.00 bits per heavy atom. The van der Waals surface area contributed by atoms with Gasteiger partial charge in [0, 0.05) is 28.8 Å². The van der Waals surface area contributed by atoms with Gasteiger partial charge in [-0.05, 0) is 31.0 Å². The van der Waals surface area contributed by atoms with Gasteiger partial charge >= 0.3 is 5.97 Å². The summed E-state index contributed by atoms with van der Waals surface area (Å²) in [6, 6.07) is 5.16. The second-order valence-corrected chi connectivity index (χ2v) is 8.24. The third-order valence-electron chi connectivity index (χ3n) is 4.42. The van der Waals surface area contributed by atoms with E-state index in [9.17, 15) is 14.7 Å². The van der Waals surface area contributed by atoms with Crippen LogP contribution >= 0.6 is 34.5 Å². The molecule has 0 spiro atoms. The van der Waals surface area contributed by atoms with Crippen LogP contribution in [0.15, 0.2) is 23.6 Å². The zero-order valence-electron chi connectivity index (χ0n) is 14.2. The lowest BCUT2D eigenvalue weighted by molar-refractivity contribution is -0.153. The Bertz CT molecular complexity index is 803. The number of ketones is 1. The summed E-state index contributed by atoms with van der Waals surface area (Å²) in [5.74, 6) is -1.24. The van der Waals surface area contributed by atoms with Crippen LogP contribution in [0.1, 0.15) is 32.9 Å². The van der Waals surface area contributed by atoms with Crippen LogP contribution in [-0.2, 0) is 16.0 Å². The van der Waals surface area contributed by atoms with Crippen molar-refractivity contribution >= 4 is 46.3 Å². The molecule has 0 bridgehead atoms. The zero-order valence-corrected chi connectivity index (χ0v) is 16.5. The number of Topliss-reactive ketones (excluding diaryl/α,β-unsaturated/α-hetero) is 1. The van der Waals surface area contributed by atoms with Gasteiger partial charge in [-0.3, -0.25) is 9.59 Å². The lowest BCUT2D eigenvalue weighted by Gasteiger charge is -2.28. The van der Waals surface area contributed by atoms with E-state index in [1.54, 1.807) is 30.5 Å². The van der Waals surface area contributed by atoms with E-state index in [1.165, 1.54) is 11.3 Å². The van der Waals surface area contributed by atoms with Crippen LogP contribution in [0.5, 0.6) is 0 Å². The number of benzene rings is 1. The predicted octanol–water partition coefficient (Wildman–Crippen LogP) is 5.37. The Labute approximate surface area is 160 Å². The number of aliphatic carboxylic acids is 1. The standard InChI is InChI=1S/C18H19Cl2NO3S/c1-10(2)18(3,17(23)24)8-13(22)7-12-9-25-16(21-12)14-5-4-11(19)6-15(14)20/h4-6,9-10H,7-8H2,1-3H3,(H,23,24). The van der Waals surface area contributed by atoms with Gasteiger partial charge in [0.1, 0.15) is 10.8 Å². The molecule has 1 heterocycles. The van der Waals surface area contributed by atoms with Crippen molar-refractivity contribution in [3.8, 4) is 10.6 Å². The number of carbonyl (C=O) groups is 2. The number of aromatic nitrogens is 1. The number of rotatable bonds is 7. The average molecular weight is 400 g/mol. The fourth-order valence-electron chi connectivity index (χ4n) is 2.38. The van der Waals surface area contributed by atoms with E-state index in [0.29, 0.717) is 20.7 Å². The largest absolute Gasteiger partial charge is 0.481 e. The molecule has 2 aromatic rings. The zero-order chi connectivity index (χ0) is 18.8. The van der Waals surface area contributed by atoms with E-state index in [-0.39, 0.29) is 24.5 Å². The summed E-state index contributed by atoms with van der Waals surface area (Å²) in [7, 11) is 0. The molecule has 0 radical (unpaired) electrons. The number of hydrogen-bond acceptors (Lipinski definition) is 4. The van der Waals surface area contributed by atoms with Gasteiger partial charge in [0.25, 0.3) is 0 Å². The number of carbonyl (C=O) groups excluding carboxylic acids is 1. The van der Waals surface area contributed by atoms with Crippen molar-refractivity contribution in [2.24, 2.45) is 11.3 Å². The second-order valence-electron chi connectivity index (χ2n) is 6.54. The molecule has 7 heteroatoms. The lowest BCUT2D eigenvalue weighted by Crippen LogP contribution is -2.35. The van der Waals surface area contributed by atoms with Crippen molar-refractivity contribution in [3.05, 3.63) is 39.3 Å². The van der Waals surface area contributed by atoms with Crippen LogP contribution in [0.3, 0.4) is 0 Å². The summed E-state index contributed by atoms with van der Waals surface area (Å²) in [6.45, 7) is 5.23. The van der Waals surface area contributed by atoms with Gasteiger partial charge < -0.3 is 5.11 Å². The highest BCUT2D eigenvalue weighted by Gasteiger charge is 2.38. The minimum Gasteiger partial charge on any atom is -0.481 e. The first-order chi connectivity index (χ1) is 11.6. The monoisotopic (exact) mass is 399 g/mol. The number of hydrogen-bond donors (Lipinski definition) is 1. The Morgan fingerprint density at radius 3 is 2.56 bits per heavy atom. The Balaban J connectivity index is 2.13. The maximum Gasteiger partial charge on any atom is 0.310 e. The number of nitrogens with zero attached hydrogens (tertiary/aromatic N) is 1. The van der Waals surface area contributed by atoms with E-state index in [1.807, 2.05) is 13.8 Å². The number of thiazole rings is 1. The highest BCUT2D eigenvalue weighted by Crippen LogP contribution is 2.34. The maximum absolute atomic E-state index is 12.4. The van der Waals surface area contributed by atoms with Gasteiger partial charge in [-0.2, -0.15) is 0 Å². The average Bonchev–Trinajstić information content (AvgIpc) is 2.94. The second kappa shape index (κ2) is 7.85. The first-order valence-corrected chi connectivity index (χ1v) is 9.42. The maximum atomic E-state index is 12.4. The third-order valence-corrected chi connectivity index (χ3v) is 5.89. The molecule has 25 heavy (non-hydrogen) atoms. The van der Waals surface area contributed by atoms with Gasteiger partial charge in [0.2, 0.25) is 0 Å². The molecule has 2 rings (SSSR count). The third kappa shape index (κ3) is 4.60. The molecule has 1 aromatic carbocycles. The SMILES string of the molecule is CC(C)C(C)(CC(=O)Cc1csc(-c2ccc(Cl)cc2Cl)n1)C(=O)O. The molecule has 1 unspecified atom stereocenters. The van der Waals surface area contributed by atoms with Gasteiger partial charge in [0.15, 0.2) is 0 Å². The molecule has 0 saturated heterocycles. The highest BCUT2D eigenvalue weighted by atomic mass is 35.5. The molecule has 1 N–H and O–H groups in total. The summed E-state index contributed by atoms with van der Waals surface area (Å²) in [6.07, 6.45) is 0.0891. The molecule has 0 fully saturated rings. The van der Waals surface area contributed by atoms with Crippen LogP contribution in [-0.4, -0.2) is 21.8 Å². The molecule has 134 valence electrons. The van der Waals surface area contributed by atoms with E-state index in [0.717, 1.165) is 5.56 Å². The summed E-state index contributed by atoms with van der Waals surface area (Å²) in [4.78, 5) is 28.3. The fraction of sp³-hybridized carbons (Fsp3) is 0.389. The lowest BCUT2D eigenvalue weighted by atomic mass is 9.75. The van der Waals surface area contributed by atoms with E-state index in [2.05, 4.69) is 4.98 Å². The Morgan fingerprint density at radius 1 is 1.32 bits per heavy atom. The molecule has 0 saturated carbocycles. The molecule has 0 aliphatic heterocycles.